The smallest absolute Gasteiger partial charge is 0.0700 e. The van der Waals surface area contributed by atoms with Crippen LogP contribution in [0.15, 0.2) is 0 Å². The maximum atomic E-state index is 8.69. The maximum absolute atomic E-state index is 8.69. The SMILES string of the molecule is CC1OCCN(CCCO)C1C. The molecule has 3 heteroatoms. The summed E-state index contributed by atoms with van der Waals surface area (Å²) in [5, 5.41) is 8.69. The van der Waals surface area contributed by atoms with Gasteiger partial charge in [-0.15, -0.1) is 0 Å². The first-order valence-electron chi connectivity index (χ1n) is 4.72. The van der Waals surface area contributed by atoms with Crippen molar-refractivity contribution in [3.63, 3.8) is 0 Å². The molecule has 72 valence electrons. The molecule has 2 atom stereocenters. The van der Waals surface area contributed by atoms with Crippen LogP contribution >= 0.6 is 0 Å². The molecule has 1 N–H and O–H groups in total. The van der Waals surface area contributed by atoms with Gasteiger partial charge < -0.3 is 9.84 Å². The number of nitrogens with zero attached hydrogens (tertiary/aromatic N) is 1. The fourth-order valence-electron chi connectivity index (χ4n) is 1.58. The second-order valence-corrected chi connectivity index (χ2v) is 3.43. The lowest BCUT2D eigenvalue weighted by Crippen LogP contribution is -2.48. The van der Waals surface area contributed by atoms with Gasteiger partial charge in [0.1, 0.15) is 0 Å². The van der Waals surface area contributed by atoms with Gasteiger partial charge >= 0.3 is 0 Å². The van der Waals surface area contributed by atoms with Gasteiger partial charge in [-0.05, 0) is 20.3 Å². The minimum Gasteiger partial charge on any atom is -0.396 e. The van der Waals surface area contributed by atoms with Crippen LogP contribution in [0.2, 0.25) is 0 Å². The highest BCUT2D eigenvalue weighted by atomic mass is 16.5. The second kappa shape index (κ2) is 4.80. The van der Waals surface area contributed by atoms with Crippen molar-refractivity contribution >= 4 is 0 Å². The molecule has 1 heterocycles. The minimum absolute atomic E-state index is 0.290. The quantitative estimate of drug-likeness (QED) is 0.673. The molecule has 3 nitrogen and oxygen atoms in total. The predicted molar refractivity (Wildman–Crippen MR) is 48.2 cm³/mol. The molecule has 0 aromatic rings. The summed E-state index contributed by atoms with van der Waals surface area (Å²) in [6.45, 7) is 7.41. The average Bonchev–Trinajstić information content (AvgIpc) is 2.08. The molecule has 1 aliphatic rings. The Morgan fingerprint density at radius 1 is 1.50 bits per heavy atom. The summed E-state index contributed by atoms with van der Waals surface area (Å²) in [7, 11) is 0. The third-order valence-corrected chi connectivity index (χ3v) is 2.62. The van der Waals surface area contributed by atoms with E-state index >= 15 is 0 Å². The van der Waals surface area contributed by atoms with E-state index in [1.54, 1.807) is 0 Å². The van der Waals surface area contributed by atoms with Gasteiger partial charge in [0.15, 0.2) is 0 Å². The van der Waals surface area contributed by atoms with E-state index in [-0.39, 0.29) is 0 Å². The fraction of sp³-hybridized carbons (Fsp3) is 1.00. The van der Waals surface area contributed by atoms with Gasteiger partial charge in [-0.2, -0.15) is 0 Å². The van der Waals surface area contributed by atoms with Crippen LogP contribution in [0.1, 0.15) is 20.3 Å². The van der Waals surface area contributed by atoms with Crippen molar-refractivity contribution in [2.45, 2.75) is 32.4 Å². The molecular formula is C9H19NO2. The Bertz CT molecular complexity index is 130. The zero-order chi connectivity index (χ0) is 8.97. The first-order valence-corrected chi connectivity index (χ1v) is 4.72. The van der Waals surface area contributed by atoms with E-state index in [0.29, 0.717) is 18.8 Å². The van der Waals surface area contributed by atoms with Crippen LogP contribution in [0.4, 0.5) is 0 Å². The molecule has 1 fully saturated rings. The molecule has 1 aliphatic heterocycles. The van der Waals surface area contributed by atoms with Crippen LogP contribution in [0.25, 0.3) is 0 Å². The number of ether oxygens (including phenoxy) is 1. The molecular weight excluding hydrogens is 154 g/mol. The largest absolute Gasteiger partial charge is 0.396 e. The molecule has 1 saturated heterocycles. The molecule has 0 aromatic carbocycles. The standard InChI is InChI=1S/C9H19NO2/c1-8-9(2)12-7-5-10(8)4-3-6-11/h8-9,11H,3-7H2,1-2H3. The van der Waals surface area contributed by atoms with Gasteiger partial charge in [0.05, 0.1) is 12.7 Å². The topological polar surface area (TPSA) is 32.7 Å². The summed E-state index contributed by atoms with van der Waals surface area (Å²) >= 11 is 0. The van der Waals surface area contributed by atoms with Crippen LogP contribution in [0, 0.1) is 0 Å². The summed E-state index contributed by atoms with van der Waals surface area (Å²) in [6.07, 6.45) is 1.20. The predicted octanol–water partition coefficient (Wildman–Crippen LogP) is 0.478. The third kappa shape index (κ3) is 2.44. The van der Waals surface area contributed by atoms with Crippen molar-refractivity contribution in [2.24, 2.45) is 0 Å². The van der Waals surface area contributed by atoms with Crippen molar-refractivity contribution in [1.82, 2.24) is 4.90 Å². The van der Waals surface area contributed by atoms with E-state index in [1.165, 1.54) is 0 Å². The summed E-state index contributed by atoms with van der Waals surface area (Å²) in [4.78, 5) is 2.38. The second-order valence-electron chi connectivity index (χ2n) is 3.43. The van der Waals surface area contributed by atoms with E-state index in [4.69, 9.17) is 9.84 Å². The highest BCUT2D eigenvalue weighted by Crippen LogP contribution is 2.12. The molecule has 0 aromatic heterocycles. The van der Waals surface area contributed by atoms with E-state index in [1.807, 2.05) is 0 Å². The summed E-state index contributed by atoms with van der Waals surface area (Å²) in [5.41, 5.74) is 0. The number of hydrogen-bond donors (Lipinski definition) is 1. The van der Waals surface area contributed by atoms with E-state index in [9.17, 15) is 0 Å². The first kappa shape index (κ1) is 9.96. The summed E-state index contributed by atoms with van der Waals surface area (Å²) < 4.78 is 5.50. The zero-order valence-corrected chi connectivity index (χ0v) is 7.99. The van der Waals surface area contributed by atoms with E-state index in [0.717, 1.165) is 26.1 Å². The van der Waals surface area contributed by atoms with Crippen LogP contribution in [0.5, 0.6) is 0 Å². The Labute approximate surface area is 74.3 Å². The first-order chi connectivity index (χ1) is 5.75. The van der Waals surface area contributed by atoms with Crippen molar-refractivity contribution in [1.29, 1.82) is 0 Å². The van der Waals surface area contributed by atoms with E-state index in [2.05, 4.69) is 18.7 Å². The van der Waals surface area contributed by atoms with Crippen LogP contribution in [0.3, 0.4) is 0 Å². The fourth-order valence-corrected chi connectivity index (χ4v) is 1.58. The molecule has 12 heavy (non-hydrogen) atoms. The van der Waals surface area contributed by atoms with Crippen LogP contribution < -0.4 is 0 Å². The molecule has 0 amide bonds. The Morgan fingerprint density at radius 2 is 2.25 bits per heavy atom. The zero-order valence-electron chi connectivity index (χ0n) is 7.99. The summed E-state index contributed by atoms with van der Waals surface area (Å²) in [6, 6.07) is 0.491. The number of morpholine rings is 1. The number of hydrogen-bond acceptors (Lipinski definition) is 3. The Kier molecular flexibility index (Phi) is 3.98. The normalized spacial score (nSPS) is 32.2. The van der Waals surface area contributed by atoms with Crippen molar-refractivity contribution in [2.75, 3.05) is 26.3 Å². The Hall–Kier alpha value is -0.120. The minimum atomic E-state index is 0.290. The van der Waals surface area contributed by atoms with Crippen molar-refractivity contribution < 1.29 is 9.84 Å². The summed E-state index contributed by atoms with van der Waals surface area (Å²) in [5.74, 6) is 0. The molecule has 0 bridgehead atoms. The van der Waals surface area contributed by atoms with Gasteiger partial charge in [0, 0.05) is 25.7 Å². The highest BCUT2D eigenvalue weighted by molar-refractivity contribution is 4.77. The number of aliphatic hydroxyl groups is 1. The lowest BCUT2D eigenvalue weighted by Gasteiger charge is -2.37. The molecule has 1 rings (SSSR count). The van der Waals surface area contributed by atoms with Gasteiger partial charge in [0.25, 0.3) is 0 Å². The third-order valence-electron chi connectivity index (χ3n) is 2.62. The van der Waals surface area contributed by atoms with Crippen molar-refractivity contribution in [3.05, 3.63) is 0 Å². The van der Waals surface area contributed by atoms with Gasteiger partial charge in [0.2, 0.25) is 0 Å². The lowest BCUT2D eigenvalue weighted by molar-refractivity contribution is -0.0563. The molecule has 0 spiro atoms. The maximum Gasteiger partial charge on any atom is 0.0700 e. The molecule has 0 radical (unpaired) electrons. The average molecular weight is 173 g/mol. The highest BCUT2D eigenvalue weighted by Gasteiger charge is 2.24. The Balaban J connectivity index is 2.30. The van der Waals surface area contributed by atoms with Crippen molar-refractivity contribution in [3.8, 4) is 0 Å². The lowest BCUT2D eigenvalue weighted by atomic mass is 10.1. The van der Waals surface area contributed by atoms with E-state index < -0.39 is 0 Å². The van der Waals surface area contributed by atoms with Gasteiger partial charge in [-0.25, -0.2) is 0 Å². The number of aliphatic hydroxyl groups excluding tert-OH is 1. The molecule has 0 aliphatic carbocycles. The molecule has 0 saturated carbocycles. The number of rotatable bonds is 3. The Morgan fingerprint density at radius 3 is 2.92 bits per heavy atom. The van der Waals surface area contributed by atoms with Crippen LogP contribution in [-0.4, -0.2) is 48.5 Å². The van der Waals surface area contributed by atoms with Gasteiger partial charge in [-0.3, -0.25) is 4.90 Å². The van der Waals surface area contributed by atoms with Gasteiger partial charge in [-0.1, -0.05) is 0 Å². The molecule has 2 unspecified atom stereocenters. The monoisotopic (exact) mass is 173 g/mol. The van der Waals surface area contributed by atoms with Crippen LogP contribution in [-0.2, 0) is 4.74 Å².